The number of hydrogen-bond acceptors (Lipinski definition) is 4. The van der Waals surface area contributed by atoms with Gasteiger partial charge >= 0.3 is 0 Å². The van der Waals surface area contributed by atoms with E-state index in [2.05, 4.69) is 5.32 Å². The highest BCUT2D eigenvalue weighted by Gasteiger charge is 2.51. The maximum absolute atomic E-state index is 13.3. The number of nitrogens with zero attached hydrogens (tertiary/aromatic N) is 1. The zero-order chi connectivity index (χ0) is 22.4. The lowest BCUT2D eigenvalue weighted by molar-refractivity contribution is -0.160. The van der Waals surface area contributed by atoms with E-state index in [0.29, 0.717) is 43.8 Å². The highest BCUT2D eigenvalue weighted by molar-refractivity contribution is 6.30. The van der Waals surface area contributed by atoms with Crippen LogP contribution in [0.25, 0.3) is 0 Å². The summed E-state index contributed by atoms with van der Waals surface area (Å²) in [6.07, 6.45) is 3.55. The Balaban J connectivity index is 1.39. The smallest absolute Gasteiger partial charge is 0.227 e. The van der Waals surface area contributed by atoms with E-state index in [-0.39, 0.29) is 35.8 Å². The minimum Gasteiger partial charge on any atom is -0.393 e. The summed E-state index contributed by atoms with van der Waals surface area (Å²) in [6.45, 7) is 4.92. The van der Waals surface area contributed by atoms with Gasteiger partial charge in [-0.05, 0) is 56.2 Å². The van der Waals surface area contributed by atoms with E-state index >= 15 is 0 Å². The number of aliphatic hydroxyl groups is 2. The molecular weight excluding hydrogens is 416 g/mol. The summed E-state index contributed by atoms with van der Waals surface area (Å²) in [5.74, 6) is -0.313. The average Bonchev–Trinajstić information content (AvgIpc) is 3.14. The van der Waals surface area contributed by atoms with Crippen LogP contribution in [0.5, 0.6) is 0 Å². The van der Waals surface area contributed by atoms with Crippen molar-refractivity contribution in [2.24, 2.45) is 17.3 Å². The molecule has 3 N–H and O–H groups in total. The fraction of sp³-hybridized carbons (Fsp3) is 0.667. The molecule has 1 saturated heterocycles. The number of hydrogen-bond donors (Lipinski definition) is 3. The van der Waals surface area contributed by atoms with E-state index in [1.165, 1.54) is 0 Å². The molecule has 3 aliphatic rings. The first-order chi connectivity index (χ1) is 14.6. The van der Waals surface area contributed by atoms with Crippen LogP contribution in [0, 0.1) is 17.3 Å². The fourth-order valence-electron chi connectivity index (χ4n) is 5.47. The first kappa shape index (κ1) is 22.6. The Morgan fingerprint density at radius 3 is 2.39 bits per heavy atom. The van der Waals surface area contributed by atoms with E-state index in [4.69, 9.17) is 11.6 Å². The summed E-state index contributed by atoms with van der Waals surface area (Å²) in [6, 6.07) is 7.16. The quantitative estimate of drug-likeness (QED) is 0.660. The molecule has 2 amide bonds. The van der Waals surface area contributed by atoms with E-state index < -0.39 is 11.0 Å². The van der Waals surface area contributed by atoms with Crippen molar-refractivity contribution >= 4 is 23.4 Å². The van der Waals surface area contributed by atoms with Gasteiger partial charge in [0.05, 0.1) is 17.6 Å². The van der Waals surface area contributed by atoms with E-state index in [1.807, 2.05) is 30.9 Å². The zero-order valence-corrected chi connectivity index (χ0v) is 19.1. The number of piperidine rings is 1. The summed E-state index contributed by atoms with van der Waals surface area (Å²) in [5.41, 5.74) is -0.746. The van der Waals surface area contributed by atoms with Gasteiger partial charge < -0.3 is 20.4 Å². The molecule has 170 valence electrons. The molecular formula is C24H33ClN2O4. The number of halogens is 1. The van der Waals surface area contributed by atoms with Crippen molar-refractivity contribution in [3.8, 4) is 0 Å². The summed E-state index contributed by atoms with van der Waals surface area (Å²) >= 11 is 6.01. The molecule has 1 aromatic rings. The van der Waals surface area contributed by atoms with Gasteiger partial charge in [0.2, 0.25) is 11.8 Å². The average molecular weight is 449 g/mol. The van der Waals surface area contributed by atoms with Crippen LogP contribution >= 0.6 is 11.6 Å². The minimum atomic E-state index is -1.04. The first-order valence-electron chi connectivity index (χ1n) is 11.4. The molecule has 7 heteroatoms. The molecule has 0 aromatic heterocycles. The number of rotatable bonds is 4. The van der Waals surface area contributed by atoms with Gasteiger partial charge in [-0.2, -0.15) is 0 Å². The number of nitrogens with one attached hydrogen (secondary N) is 1. The third kappa shape index (κ3) is 4.22. The highest BCUT2D eigenvalue weighted by atomic mass is 35.5. The van der Waals surface area contributed by atoms with Crippen LogP contribution in [0.15, 0.2) is 24.3 Å². The van der Waals surface area contributed by atoms with Gasteiger partial charge in [0, 0.05) is 35.5 Å². The monoisotopic (exact) mass is 448 g/mol. The maximum Gasteiger partial charge on any atom is 0.227 e. The molecule has 3 fully saturated rings. The van der Waals surface area contributed by atoms with Crippen molar-refractivity contribution in [3.63, 3.8) is 0 Å². The predicted molar refractivity (Wildman–Crippen MR) is 118 cm³/mol. The molecule has 2 saturated carbocycles. The standard InChI is InChI=1S/C24H33ClN2O4/c1-23(2)14-27(12-11-24(23,31)16-4-6-17(25)7-5-16)22(30)19-9-10-20(19)26-21(29)15-3-8-18(28)13-15/h4-7,15,18-20,28,31H,3,8-14H2,1-2H3,(H,26,29)/t15-,18-,19?,20?,24?/m1/s1. The zero-order valence-electron chi connectivity index (χ0n) is 18.3. The van der Waals surface area contributed by atoms with Crippen LogP contribution in [-0.2, 0) is 15.2 Å². The SMILES string of the molecule is CC1(C)CN(C(=O)C2CCC2NC(=O)[C@@H]2CC[C@@H](O)C2)CCC1(O)c1ccc(Cl)cc1. The Bertz CT molecular complexity index is 842. The van der Waals surface area contributed by atoms with Crippen LogP contribution in [0.2, 0.25) is 5.02 Å². The third-order valence-electron chi connectivity index (χ3n) is 7.78. The Morgan fingerprint density at radius 2 is 1.84 bits per heavy atom. The molecule has 1 heterocycles. The maximum atomic E-state index is 13.3. The summed E-state index contributed by atoms with van der Waals surface area (Å²) < 4.78 is 0. The van der Waals surface area contributed by atoms with Gasteiger partial charge in [-0.15, -0.1) is 0 Å². The van der Waals surface area contributed by atoms with Crippen molar-refractivity contribution in [3.05, 3.63) is 34.9 Å². The van der Waals surface area contributed by atoms with Gasteiger partial charge in [0.25, 0.3) is 0 Å². The molecule has 4 rings (SSSR count). The Kier molecular flexibility index (Phi) is 6.10. The summed E-state index contributed by atoms with van der Waals surface area (Å²) in [7, 11) is 0. The molecule has 2 aliphatic carbocycles. The Hall–Kier alpha value is -1.63. The lowest BCUT2D eigenvalue weighted by Crippen LogP contribution is -2.60. The number of likely N-dealkylation sites (tertiary alicyclic amines) is 1. The normalized spacial score (nSPS) is 34.8. The van der Waals surface area contributed by atoms with Crippen molar-refractivity contribution in [2.75, 3.05) is 13.1 Å². The number of aliphatic hydroxyl groups excluding tert-OH is 1. The molecule has 31 heavy (non-hydrogen) atoms. The fourth-order valence-corrected chi connectivity index (χ4v) is 5.60. The van der Waals surface area contributed by atoms with Crippen molar-refractivity contribution in [1.29, 1.82) is 0 Å². The van der Waals surface area contributed by atoms with Crippen LogP contribution in [0.3, 0.4) is 0 Å². The van der Waals surface area contributed by atoms with Crippen molar-refractivity contribution < 1.29 is 19.8 Å². The molecule has 3 unspecified atom stereocenters. The topological polar surface area (TPSA) is 89.9 Å². The lowest BCUT2D eigenvalue weighted by atomic mass is 9.66. The molecule has 5 atom stereocenters. The van der Waals surface area contributed by atoms with Gasteiger partial charge in [0.1, 0.15) is 0 Å². The molecule has 0 spiro atoms. The minimum absolute atomic E-state index is 0.0323. The largest absolute Gasteiger partial charge is 0.393 e. The predicted octanol–water partition coefficient (Wildman–Crippen LogP) is 2.84. The molecule has 1 aliphatic heterocycles. The highest BCUT2D eigenvalue weighted by Crippen LogP contribution is 2.47. The third-order valence-corrected chi connectivity index (χ3v) is 8.03. The molecule has 0 radical (unpaired) electrons. The number of amides is 2. The second-order valence-corrected chi connectivity index (χ2v) is 10.7. The van der Waals surface area contributed by atoms with Crippen molar-refractivity contribution in [1.82, 2.24) is 10.2 Å². The number of carbonyl (C=O) groups excluding carboxylic acids is 2. The second-order valence-electron chi connectivity index (χ2n) is 10.2. The van der Waals surface area contributed by atoms with Crippen LogP contribution in [0.4, 0.5) is 0 Å². The molecule has 6 nitrogen and oxygen atoms in total. The number of benzene rings is 1. The Labute approximate surface area is 189 Å². The Morgan fingerprint density at radius 1 is 1.13 bits per heavy atom. The van der Waals surface area contributed by atoms with Crippen molar-refractivity contribution in [2.45, 2.75) is 70.1 Å². The van der Waals surface area contributed by atoms with Crippen LogP contribution in [-0.4, -0.2) is 52.2 Å². The summed E-state index contributed by atoms with van der Waals surface area (Å²) in [4.78, 5) is 27.6. The van der Waals surface area contributed by atoms with Gasteiger partial charge in [-0.1, -0.05) is 37.6 Å². The summed E-state index contributed by atoms with van der Waals surface area (Å²) in [5, 5.41) is 24.9. The lowest BCUT2D eigenvalue weighted by Gasteiger charge is -2.52. The van der Waals surface area contributed by atoms with Gasteiger partial charge in [0.15, 0.2) is 0 Å². The first-order valence-corrected chi connectivity index (χ1v) is 11.7. The molecule has 1 aromatic carbocycles. The van der Waals surface area contributed by atoms with E-state index in [9.17, 15) is 19.8 Å². The number of carbonyl (C=O) groups is 2. The van der Waals surface area contributed by atoms with E-state index in [0.717, 1.165) is 18.4 Å². The second kappa shape index (κ2) is 8.38. The van der Waals surface area contributed by atoms with E-state index in [1.54, 1.807) is 12.1 Å². The molecule has 0 bridgehead atoms. The van der Waals surface area contributed by atoms with Gasteiger partial charge in [-0.3, -0.25) is 9.59 Å². The van der Waals surface area contributed by atoms with Crippen LogP contribution < -0.4 is 5.32 Å². The van der Waals surface area contributed by atoms with Gasteiger partial charge in [-0.25, -0.2) is 0 Å². The van der Waals surface area contributed by atoms with Crippen LogP contribution in [0.1, 0.15) is 57.9 Å².